The van der Waals surface area contributed by atoms with Gasteiger partial charge in [0.25, 0.3) is 17.5 Å². The number of amides is 2. The zero-order valence-corrected chi connectivity index (χ0v) is 18.5. The lowest BCUT2D eigenvalue weighted by Gasteiger charge is -2.33. The maximum Gasteiger partial charge on any atom is 0.278 e. The molecule has 33 heavy (non-hydrogen) atoms. The van der Waals surface area contributed by atoms with Gasteiger partial charge in [0.15, 0.2) is 0 Å². The average molecular weight is 446 g/mol. The van der Waals surface area contributed by atoms with Gasteiger partial charge in [0.1, 0.15) is 5.70 Å². The molecule has 2 aromatic rings. The van der Waals surface area contributed by atoms with Crippen LogP contribution in [-0.4, -0.2) is 34.2 Å². The number of rotatable bonds is 4. The van der Waals surface area contributed by atoms with Crippen molar-refractivity contribution in [2.45, 2.75) is 57.4 Å². The van der Waals surface area contributed by atoms with Gasteiger partial charge < -0.3 is 4.90 Å². The van der Waals surface area contributed by atoms with E-state index < -0.39 is 4.92 Å². The van der Waals surface area contributed by atoms with Crippen LogP contribution in [0.2, 0.25) is 0 Å². The van der Waals surface area contributed by atoms with Crippen molar-refractivity contribution in [2.75, 3.05) is 11.4 Å². The van der Waals surface area contributed by atoms with Gasteiger partial charge in [0.05, 0.1) is 10.5 Å². The predicted octanol–water partition coefficient (Wildman–Crippen LogP) is 4.85. The van der Waals surface area contributed by atoms with Gasteiger partial charge in [-0.25, -0.2) is 0 Å². The summed E-state index contributed by atoms with van der Waals surface area (Å²) in [7, 11) is 0. The highest BCUT2D eigenvalue weighted by atomic mass is 16.6. The summed E-state index contributed by atoms with van der Waals surface area (Å²) >= 11 is 0. The first-order valence-corrected chi connectivity index (χ1v) is 11.8. The maximum atomic E-state index is 13.9. The van der Waals surface area contributed by atoms with Gasteiger partial charge in [-0.3, -0.25) is 24.6 Å². The molecule has 7 heteroatoms. The number of nitro benzene ring substituents is 1. The number of para-hydroxylation sites is 1. The summed E-state index contributed by atoms with van der Waals surface area (Å²) in [6.07, 6.45) is 7.75. The summed E-state index contributed by atoms with van der Waals surface area (Å²) in [6.45, 7) is 0.653. The predicted molar refractivity (Wildman–Crippen MR) is 125 cm³/mol. The number of hydrogen-bond donors (Lipinski definition) is 0. The van der Waals surface area contributed by atoms with E-state index in [0.29, 0.717) is 23.4 Å². The largest absolute Gasteiger partial charge is 0.336 e. The Morgan fingerprint density at radius 1 is 0.848 bits per heavy atom. The van der Waals surface area contributed by atoms with Gasteiger partial charge in [-0.15, -0.1) is 0 Å². The van der Waals surface area contributed by atoms with Crippen LogP contribution in [0.15, 0.2) is 54.2 Å². The normalized spacial score (nSPS) is 19.6. The first-order chi connectivity index (χ1) is 16.1. The number of carbonyl (C=O) groups excluding carboxylic acids is 2. The topological polar surface area (TPSA) is 83.8 Å². The minimum atomic E-state index is -0.459. The maximum absolute atomic E-state index is 13.9. The fraction of sp³-hybridized carbons (Fsp3) is 0.385. The summed E-state index contributed by atoms with van der Waals surface area (Å²) in [4.78, 5) is 41.9. The van der Waals surface area contributed by atoms with E-state index in [9.17, 15) is 19.7 Å². The third-order valence-electron chi connectivity index (χ3n) is 7.03. The van der Waals surface area contributed by atoms with Crippen LogP contribution in [0.25, 0.3) is 5.57 Å². The Labute approximate surface area is 192 Å². The third-order valence-corrected chi connectivity index (χ3v) is 7.03. The van der Waals surface area contributed by atoms with E-state index >= 15 is 0 Å². The lowest BCUT2D eigenvalue weighted by Crippen LogP contribution is -2.43. The number of nitrogens with zero attached hydrogens (tertiary/aromatic N) is 3. The molecule has 0 spiro atoms. The van der Waals surface area contributed by atoms with Gasteiger partial charge in [-0.1, -0.05) is 43.9 Å². The van der Waals surface area contributed by atoms with E-state index in [2.05, 4.69) is 6.07 Å². The van der Waals surface area contributed by atoms with Gasteiger partial charge in [-0.2, -0.15) is 0 Å². The molecule has 0 radical (unpaired) electrons. The Bertz CT molecular complexity index is 1130. The molecule has 0 unspecified atom stereocenters. The number of carbonyl (C=O) groups is 2. The van der Waals surface area contributed by atoms with Crippen molar-refractivity contribution in [3.05, 3.63) is 75.5 Å². The fourth-order valence-corrected chi connectivity index (χ4v) is 5.41. The Kier molecular flexibility index (Phi) is 5.70. The van der Waals surface area contributed by atoms with Gasteiger partial charge in [0, 0.05) is 30.4 Å². The lowest BCUT2D eigenvalue weighted by molar-refractivity contribution is -0.384. The summed E-state index contributed by atoms with van der Waals surface area (Å²) in [5.74, 6) is -0.518. The molecular weight excluding hydrogens is 418 g/mol. The van der Waals surface area contributed by atoms with E-state index in [1.807, 2.05) is 23.1 Å². The first kappa shape index (κ1) is 21.4. The molecule has 0 saturated heterocycles. The van der Waals surface area contributed by atoms with Crippen molar-refractivity contribution in [2.24, 2.45) is 0 Å². The quantitative estimate of drug-likeness (QED) is 0.291. The zero-order valence-electron chi connectivity index (χ0n) is 18.5. The van der Waals surface area contributed by atoms with E-state index in [1.54, 1.807) is 12.1 Å². The molecule has 0 N–H and O–H groups in total. The summed E-state index contributed by atoms with van der Waals surface area (Å²) in [5.41, 5.74) is 3.39. The van der Waals surface area contributed by atoms with Crippen LogP contribution in [0.3, 0.4) is 0 Å². The second kappa shape index (κ2) is 8.81. The highest BCUT2D eigenvalue weighted by molar-refractivity contribution is 6.37. The molecule has 170 valence electrons. The Hall–Kier alpha value is -3.48. The second-order valence-electron chi connectivity index (χ2n) is 9.04. The van der Waals surface area contributed by atoms with Crippen LogP contribution in [0.1, 0.15) is 56.1 Å². The number of imide groups is 1. The Balaban J connectivity index is 1.63. The van der Waals surface area contributed by atoms with Crippen LogP contribution in [0.5, 0.6) is 0 Å². The molecule has 3 aliphatic rings. The molecule has 1 fully saturated rings. The fourth-order valence-electron chi connectivity index (χ4n) is 5.41. The molecule has 2 heterocycles. The van der Waals surface area contributed by atoms with Crippen LogP contribution in [0, 0.1) is 10.1 Å². The third kappa shape index (κ3) is 3.81. The molecule has 0 aromatic heterocycles. The van der Waals surface area contributed by atoms with Crippen molar-refractivity contribution >= 4 is 28.8 Å². The molecule has 0 atom stereocenters. The Morgan fingerprint density at radius 2 is 1.55 bits per heavy atom. The highest BCUT2D eigenvalue weighted by Crippen LogP contribution is 2.40. The SMILES string of the molecule is O=C1C(c2ccc([N+](=O)[O-])cc2)=C(N2CCCc3ccccc32)C(=O)N1C1CCCCCC1. The molecule has 7 nitrogen and oxygen atoms in total. The second-order valence-corrected chi connectivity index (χ2v) is 9.04. The average Bonchev–Trinajstić information content (AvgIpc) is 2.99. The number of hydrogen-bond acceptors (Lipinski definition) is 5. The van der Waals surface area contributed by atoms with Crippen LogP contribution in [-0.2, 0) is 16.0 Å². The number of anilines is 1. The first-order valence-electron chi connectivity index (χ1n) is 11.8. The summed E-state index contributed by atoms with van der Waals surface area (Å²) in [5, 5.41) is 11.1. The zero-order chi connectivity index (χ0) is 22.9. The summed E-state index contributed by atoms with van der Waals surface area (Å²) < 4.78 is 0. The molecule has 1 saturated carbocycles. The molecule has 2 amide bonds. The summed E-state index contributed by atoms with van der Waals surface area (Å²) in [6, 6.07) is 13.9. The van der Waals surface area contributed by atoms with Crippen LogP contribution in [0.4, 0.5) is 11.4 Å². The van der Waals surface area contributed by atoms with Crippen molar-refractivity contribution in [3.8, 4) is 0 Å². The molecule has 1 aliphatic carbocycles. The number of fused-ring (bicyclic) bond motifs is 1. The number of aryl methyl sites for hydroxylation is 1. The smallest absolute Gasteiger partial charge is 0.278 e. The van der Waals surface area contributed by atoms with E-state index in [4.69, 9.17) is 0 Å². The highest BCUT2D eigenvalue weighted by Gasteiger charge is 2.45. The lowest BCUT2D eigenvalue weighted by atomic mass is 9.98. The Morgan fingerprint density at radius 3 is 2.24 bits per heavy atom. The van der Waals surface area contributed by atoms with Gasteiger partial charge in [-0.05, 0) is 55.0 Å². The molecule has 5 rings (SSSR count). The van der Waals surface area contributed by atoms with Crippen molar-refractivity contribution in [3.63, 3.8) is 0 Å². The van der Waals surface area contributed by atoms with Crippen LogP contribution < -0.4 is 4.90 Å². The molecule has 2 aromatic carbocycles. The van der Waals surface area contributed by atoms with Crippen molar-refractivity contribution in [1.29, 1.82) is 0 Å². The van der Waals surface area contributed by atoms with E-state index in [-0.39, 0.29) is 23.5 Å². The van der Waals surface area contributed by atoms with Gasteiger partial charge in [0.2, 0.25) is 0 Å². The minimum Gasteiger partial charge on any atom is -0.336 e. The van der Waals surface area contributed by atoms with Crippen LogP contribution >= 0.6 is 0 Å². The monoisotopic (exact) mass is 445 g/mol. The van der Waals surface area contributed by atoms with E-state index in [1.165, 1.54) is 17.0 Å². The number of nitro groups is 1. The number of non-ortho nitro benzene ring substituents is 1. The minimum absolute atomic E-state index is 0.0402. The van der Waals surface area contributed by atoms with Crippen molar-refractivity contribution < 1.29 is 14.5 Å². The molecular formula is C26H27N3O4. The van der Waals surface area contributed by atoms with E-state index in [0.717, 1.165) is 62.6 Å². The number of benzene rings is 2. The van der Waals surface area contributed by atoms with Crippen molar-refractivity contribution in [1.82, 2.24) is 4.90 Å². The van der Waals surface area contributed by atoms with Gasteiger partial charge >= 0.3 is 0 Å². The molecule has 2 aliphatic heterocycles. The standard InChI is InChI=1S/C26H27N3O4/c30-25-23(19-13-15-21(16-14-19)29(32)33)24(26(31)28(25)20-10-3-1-2-4-11-20)27-17-7-9-18-8-5-6-12-22(18)27/h5-6,8,12-16,20H,1-4,7,9-11,17H2. The molecule has 0 bridgehead atoms.